The van der Waals surface area contributed by atoms with Crippen LogP contribution in [0, 0.1) is 11.6 Å². The van der Waals surface area contributed by atoms with Crippen LogP contribution in [0.25, 0.3) is 0 Å². The van der Waals surface area contributed by atoms with Crippen LogP contribution < -0.4 is 9.47 Å². The minimum absolute atomic E-state index is 0.169. The van der Waals surface area contributed by atoms with Crippen LogP contribution >= 0.6 is 0 Å². The summed E-state index contributed by atoms with van der Waals surface area (Å²) in [7, 11) is 3.20. The van der Waals surface area contributed by atoms with E-state index in [9.17, 15) is 13.6 Å². The fourth-order valence-corrected chi connectivity index (χ4v) is 3.16. The van der Waals surface area contributed by atoms with Gasteiger partial charge in [-0.3, -0.25) is 9.69 Å². The van der Waals surface area contributed by atoms with Gasteiger partial charge in [-0.25, -0.2) is 8.78 Å². The minimum Gasteiger partial charge on any atom is -0.493 e. The first-order chi connectivity index (χ1) is 13.0. The zero-order valence-corrected chi connectivity index (χ0v) is 15.4. The molecule has 0 atom stereocenters. The first-order valence-electron chi connectivity index (χ1n) is 8.69. The Hall–Kier alpha value is -2.67. The molecule has 0 aromatic heterocycles. The van der Waals surface area contributed by atoms with Crippen LogP contribution in [-0.2, 0) is 6.54 Å². The summed E-state index contributed by atoms with van der Waals surface area (Å²) in [6.07, 6.45) is 0. The summed E-state index contributed by atoms with van der Waals surface area (Å²) in [6, 6.07) is 9.05. The van der Waals surface area contributed by atoms with Crippen molar-refractivity contribution in [1.82, 2.24) is 9.80 Å². The lowest BCUT2D eigenvalue weighted by molar-refractivity contribution is 0.0628. The highest BCUT2D eigenvalue weighted by Gasteiger charge is 2.23. The molecule has 0 N–H and O–H groups in total. The van der Waals surface area contributed by atoms with Gasteiger partial charge in [-0.1, -0.05) is 6.07 Å². The molecule has 1 fully saturated rings. The molecule has 0 unspecified atom stereocenters. The smallest absolute Gasteiger partial charge is 0.254 e. The van der Waals surface area contributed by atoms with Crippen molar-refractivity contribution >= 4 is 5.91 Å². The molecule has 1 heterocycles. The molecule has 27 heavy (non-hydrogen) atoms. The van der Waals surface area contributed by atoms with Crippen LogP contribution in [0.4, 0.5) is 8.78 Å². The molecule has 0 aliphatic carbocycles. The van der Waals surface area contributed by atoms with Crippen LogP contribution in [0.5, 0.6) is 11.5 Å². The monoisotopic (exact) mass is 376 g/mol. The van der Waals surface area contributed by atoms with Crippen molar-refractivity contribution in [2.75, 3.05) is 40.4 Å². The number of carbonyl (C=O) groups excluding carboxylic acids is 1. The van der Waals surface area contributed by atoms with Gasteiger partial charge in [-0.2, -0.15) is 0 Å². The lowest BCUT2D eigenvalue weighted by Gasteiger charge is -2.34. The Morgan fingerprint density at radius 3 is 2.26 bits per heavy atom. The molecule has 0 saturated carbocycles. The maximum absolute atomic E-state index is 13.4. The Kier molecular flexibility index (Phi) is 5.91. The van der Waals surface area contributed by atoms with Crippen LogP contribution in [0.3, 0.4) is 0 Å². The molecule has 3 rings (SSSR count). The van der Waals surface area contributed by atoms with Gasteiger partial charge in [0.2, 0.25) is 0 Å². The van der Waals surface area contributed by atoms with Crippen LogP contribution in [0.2, 0.25) is 0 Å². The second-order valence-electron chi connectivity index (χ2n) is 6.39. The number of hydrogen-bond acceptors (Lipinski definition) is 4. The number of ether oxygens (including phenoxy) is 2. The average Bonchev–Trinajstić information content (AvgIpc) is 2.70. The number of halogens is 2. The van der Waals surface area contributed by atoms with E-state index in [1.54, 1.807) is 19.1 Å². The molecular formula is C20H22F2N2O3. The maximum atomic E-state index is 13.4. The molecule has 7 heteroatoms. The second-order valence-corrected chi connectivity index (χ2v) is 6.39. The highest BCUT2D eigenvalue weighted by Crippen LogP contribution is 2.28. The van der Waals surface area contributed by atoms with Gasteiger partial charge >= 0.3 is 0 Å². The molecule has 0 bridgehead atoms. The van der Waals surface area contributed by atoms with Gasteiger partial charge in [-0.15, -0.1) is 0 Å². The van der Waals surface area contributed by atoms with Gasteiger partial charge in [0.05, 0.1) is 14.2 Å². The summed E-state index contributed by atoms with van der Waals surface area (Å²) in [5.74, 6) is -0.871. The van der Waals surface area contributed by atoms with Crippen molar-refractivity contribution in [3.63, 3.8) is 0 Å². The van der Waals surface area contributed by atoms with Crippen molar-refractivity contribution in [3.8, 4) is 11.5 Å². The van der Waals surface area contributed by atoms with Crippen molar-refractivity contribution in [3.05, 3.63) is 59.2 Å². The number of piperazine rings is 1. The third-order valence-corrected chi connectivity index (χ3v) is 4.68. The zero-order chi connectivity index (χ0) is 19.4. The maximum Gasteiger partial charge on any atom is 0.254 e. The van der Waals surface area contributed by atoms with E-state index in [0.717, 1.165) is 24.2 Å². The highest BCUT2D eigenvalue weighted by molar-refractivity contribution is 5.94. The molecule has 2 aromatic carbocycles. The average molecular weight is 376 g/mol. The Balaban J connectivity index is 1.58. The summed E-state index contributed by atoms with van der Waals surface area (Å²) in [5, 5.41) is 0. The fraction of sp³-hybridized carbons (Fsp3) is 0.350. The molecular weight excluding hydrogens is 354 g/mol. The number of carbonyl (C=O) groups is 1. The predicted octanol–water partition coefficient (Wildman–Crippen LogP) is 2.94. The van der Waals surface area contributed by atoms with Gasteiger partial charge in [0.25, 0.3) is 5.91 Å². The van der Waals surface area contributed by atoms with E-state index in [1.165, 1.54) is 6.07 Å². The Labute approximate surface area is 157 Å². The third-order valence-electron chi connectivity index (χ3n) is 4.68. The van der Waals surface area contributed by atoms with Gasteiger partial charge < -0.3 is 14.4 Å². The SMILES string of the molecule is COc1ccc(CN2CCN(C(=O)c3ccc(F)c(F)c3)CC2)cc1OC. The number of hydrogen-bond donors (Lipinski definition) is 0. The van der Waals surface area contributed by atoms with E-state index >= 15 is 0 Å². The van der Waals surface area contributed by atoms with Crippen LogP contribution in [0.15, 0.2) is 36.4 Å². The summed E-state index contributed by atoms with van der Waals surface area (Å²) >= 11 is 0. The topological polar surface area (TPSA) is 42.0 Å². The first-order valence-corrected chi connectivity index (χ1v) is 8.69. The molecule has 144 valence electrons. The van der Waals surface area contributed by atoms with Crippen LogP contribution in [-0.4, -0.2) is 56.1 Å². The summed E-state index contributed by atoms with van der Waals surface area (Å²) in [6.45, 7) is 3.19. The highest BCUT2D eigenvalue weighted by atomic mass is 19.2. The summed E-state index contributed by atoms with van der Waals surface area (Å²) in [4.78, 5) is 16.4. The molecule has 1 aliphatic rings. The number of methoxy groups -OCH3 is 2. The molecule has 0 spiro atoms. The standard InChI is InChI=1S/C20H22F2N2O3/c1-26-18-6-3-14(11-19(18)27-2)13-23-7-9-24(10-8-23)20(25)15-4-5-16(21)17(22)12-15/h3-6,11-12H,7-10,13H2,1-2H3. The first kappa shape index (κ1) is 19.1. The number of benzene rings is 2. The largest absolute Gasteiger partial charge is 0.493 e. The van der Waals surface area contributed by atoms with E-state index in [2.05, 4.69) is 4.90 Å². The lowest BCUT2D eigenvalue weighted by atomic mass is 10.1. The van der Waals surface area contributed by atoms with Crippen molar-refractivity contribution in [1.29, 1.82) is 0 Å². The van der Waals surface area contributed by atoms with Gasteiger partial charge in [0.15, 0.2) is 23.1 Å². The fourth-order valence-electron chi connectivity index (χ4n) is 3.16. The Morgan fingerprint density at radius 1 is 0.926 bits per heavy atom. The summed E-state index contributed by atoms with van der Waals surface area (Å²) < 4.78 is 37.0. The van der Waals surface area contributed by atoms with Crippen molar-refractivity contribution in [2.45, 2.75) is 6.54 Å². The number of nitrogens with zero attached hydrogens (tertiary/aromatic N) is 2. The van der Waals surface area contributed by atoms with Crippen molar-refractivity contribution < 1.29 is 23.0 Å². The summed E-state index contributed by atoms with van der Waals surface area (Å²) in [5.41, 5.74) is 1.26. The van der Waals surface area contributed by atoms with Gasteiger partial charge in [0, 0.05) is 38.3 Å². The Morgan fingerprint density at radius 2 is 1.63 bits per heavy atom. The minimum atomic E-state index is -1.01. The van der Waals surface area contributed by atoms with E-state index in [-0.39, 0.29) is 11.5 Å². The zero-order valence-electron chi connectivity index (χ0n) is 15.4. The van der Waals surface area contributed by atoms with Crippen LogP contribution in [0.1, 0.15) is 15.9 Å². The normalized spacial score (nSPS) is 14.9. The van der Waals surface area contributed by atoms with E-state index < -0.39 is 11.6 Å². The molecule has 1 saturated heterocycles. The quantitative estimate of drug-likeness (QED) is 0.805. The van der Waals surface area contributed by atoms with E-state index in [1.807, 2.05) is 18.2 Å². The van der Waals surface area contributed by atoms with Gasteiger partial charge in [0.1, 0.15) is 0 Å². The number of rotatable bonds is 5. The second kappa shape index (κ2) is 8.35. The molecule has 1 amide bonds. The predicted molar refractivity (Wildman–Crippen MR) is 97.1 cm³/mol. The van der Waals surface area contributed by atoms with Gasteiger partial charge in [-0.05, 0) is 35.9 Å². The number of amides is 1. The molecule has 0 radical (unpaired) electrons. The van der Waals surface area contributed by atoms with Crippen molar-refractivity contribution in [2.24, 2.45) is 0 Å². The van der Waals surface area contributed by atoms with E-state index in [4.69, 9.17) is 9.47 Å². The lowest BCUT2D eigenvalue weighted by Crippen LogP contribution is -2.48. The molecule has 5 nitrogen and oxygen atoms in total. The molecule has 1 aliphatic heterocycles. The third kappa shape index (κ3) is 4.36. The molecule has 2 aromatic rings. The van der Waals surface area contributed by atoms with E-state index in [0.29, 0.717) is 37.7 Å². The Bertz CT molecular complexity index is 821.